The summed E-state index contributed by atoms with van der Waals surface area (Å²) in [6.07, 6.45) is 0. The normalized spacial score (nSPS) is 12.9. The fourth-order valence-corrected chi connectivity index (χ4v) is 8.55. The molecule has 250 valence electrons. The summed E-state index contributed by atoms with van der Waals surface area (Å²) in [5.41, 5.74) is 15.3. The summed E-state index contributed by atoms with van der Waals surface area (Å²) in [6.45, 7) is 4.75. The van der Waals surface area contributed by atoms with Crippen LogP contribution in [0.2, 0.25) is 0 Å². The second-order valence-corrected chi connectivity index (χ2v) is 14.5. The second-order valence-electron chi connectivity index (χ2n) is 14.5. The van der Waals surface area contributed by atoms with Crippen LogP contribution in [-0.2, 0) is 5.41 Å². The summed E-state index contributed by atoms with van der Waals surface area (Å²) >= 11 is 0. The summed E-state index contributed by atoms with van der Waals surface area (Å²) in [5.74, 6) is 0.720. The number of benzene rings is 8. The molecule has 0 fully saturated rings. The number of aromatic nitrogens is 2. The maximum absolute atomic E-state index is 5.16. The molecule has 0 saturated heterocycles. The van der Waals surface area contributed by atoms with E-state index in [-0.39, 0.29) is 5.41 Å². The zero-order chi connectivity index (χ0) is 35.5. The molecule has 2 nitrogen and oxygen atoms in total. The molecule has 0 radical (unpaired) electrons. The van der Waals surface area contributed by atoms with Crippen LogP contribution in [0, 0.1) is 0 Å². The van der Waals surface area contributed by atoms with Crippen molar-refractivity contribution < 1.29 is 0 Å². The van der Waals surface area contributed by atoms with Crippen LogP contribution in [0.3, 0.4) is 0 Å². The third-order valence-electron chi connectivity index (χ3n) is 11.1. The van der Waals surface area contributed by atoms with Gasteiger partial charge in [0.25, 0.3) is 0 Å². The van der Waals surface area contributed by atoms with Crippen molar-refractivity contribution in [2.75, 3.05) is 0 Å². The minimum Gasteiger partial charge on any atom is -0.228 e. The van der Waals surface area contributed by atoms with E-state index in [2.05, 4.69) is 172 Å². The summed E-state index contributed by atoms with van der Waals surface area (Å²) < 4.78 is 0. The van der Waals surface area contributed by atoms with E-state index in [1.807, 2.05) is 24.3 Å². The fourth-order valence-electron chi connectivity index (χ4n) is 8.55. The van der Waals surface area contributed by atoms with E-state index >= 15 is 0 Å². The third-order valence-corrected chi connectivity index (χ3v) is 11.1. The Morgan fingerprint density at radius 2 is 0.943 bits per heavy atom. The lowest BCUT2D eigenvalue weighted by Crippen LogP contribution is -2.16. The summed E-state index contributed by atoms with van der Waals surface area (Å²) in [5, 5.41) is 4.98. The van der Waals surface area contributed by atoms with E-state index < -0.39 is 0 Å². The van der Waals surface area contributed by atoms with Gasteiger partial charge in [0, 0.05) is 22.1 Å². The molecule has 1 aliphatic rings. The highest BCUT2D eigenvalue weighted by Crippen LogP contribution is 2.54. The van der Waals surface area contributed by atoms with Crippen LogP contribution < -0.4 is 0 Å². The molecule has 0 N–H and O–H groups in total. The lowest BCUT2D eigenvalue weighted by atomic mass is 9.78. The van der Waals surface area contributed by atoms with Crippen molar-refractivity contribution in [3.8, 4) is 67.3 Å². The van der Waals surface area contributed by atoms with Gasteiger partial charge in [-0.3, -0.25) is 0 Å². The van der Waals surface area contributed by atoms with E-state index in [4.69, 9.17) is 9.97 Å². The van der Waals surface area contributed by atoms with Gasteiger partial charge in [-0.05, 0) is 72.1 Å². The molecule has 0 unspecified atom stereocenters. The van der Waals surface area contributed by atoms with Crippen LogP contribution in [0.25, 0.3) is 88.8 Å². The molecule has 1 aliphatic carbocycles. The largest absolute Gasteiger partial charge is 0.228 e. The number of rotatable bonds is 5. The molecule has 1 heterocycles. The topological polar surface area (TPSA) is 25.8 Å². The first-order chi connectivity index (χ1) is 26.0. The lowest BCUT2D eigenvalue weighted by Gasteiger charge is -2.24. The molecule has 1 aromatic heterocycles. The molecule has 0 atom stereocenters. The molecule has 53 heavy (non-hydrogen) atoms. The average molecular weight is 677 g/mol. The van der Waals surface area contributed by atoms with Crippen molar-refractivity contribution in [3.63, 3.8) is 0 Å². The van der Waals surface area contributed by atoms with Gasteiger partial charge in [-0.15, -0.1) is 0 Å². The Bertz CT molecular complexity index is 2780. The maximum atomic E-state index is 5.16. The minimum atomic E-state index is -0.113. The van der Waals surface area contributed by atoms with E-state index in [0.29, 0.717) is 0 Å². The maximum Gasteiger partial charge on any atom is 0.160 e. The molecule has 10 rings (SSSR count). The predicted molar refractivity (Wildman–Crippen MR) is 222 cm³/mol. The Kier molecular flexibility index (Phi) is 7.19. The zero-order valence-corrected chi connectivity index (χ0v) is 29.7. The molecule has 8 aromatic carbocycles. The molecule has 2 heteroatoms. The van der Waals surface area contributed by atoms with E-state index in [1.54, 1.807) is 0 Å². The van der Waals surface area contributed by atoms with Crippen LogP contribution in [0.4, 0.5) is 0 Å². The molecular weight excluding hydrogens is 641 g/mol. The molecule has 0 amide bonds. The van der Waals surface area contributed by atoms with Gasteiger partial charge in [-0.2, -0.15) is 0 Å². The number of fused-ring (bicyclic) bond motifs is 6. The predicted octanol–water partition coefficient (Wildman–Crippen LogP) is 13.4. The average Bonchev–Trinajstić information content (AvgIpc) is 3.47. The van der Waals surface area contributed by atoms with Crippen LogP contribution in [-0.4, -0.2) is 9.97 Å². The van der Waals surface area contributed by atoms with Crippen LogP contribution in [0.1, 0.15) is 25.0 Å². The first kappa shape index (κ1) is 31.1. The van der Waals surface area contributed by atoms with Gasteiger partial charge < -0.3 is 0 Å². The Hall–Kier alpha value is -6.64. The van der Waals surface area contributed by atoms with Gasteiger partial charge in [0.1, 0.15) is 0 Å². The quantitative estimate of drug-likeness (QED) is 0.181. The van der Waals surface area contributed by atoms with Gasteiger partial charge in [-0.1, -0.05) is 190 Å². The van der Waals surface area contributed by atoms with Crippen LogP contribution >= 0.6 is 0 Å². The monoisotopic (exact) mass is 676 g/mol. The van der Waals surface area contributed by atoms with Gasteiger partial charge in [0.15, 0.2) is 5.82 Å². The lowest BCUT2D eigenvalue weighted by molar-refractivity contribution is 0.662. The first-order valence-corrected chi connectivity index (χ1v) is 18.3. The van der Waals surface area contributed by atoms with Crippen molar-refractivity contribution in [1.82, 2.24) is 9.97 Å². The zero-order valence-electron chi connectivity index (χ0n) is 29.7. The molecule has 0 aliphatic heterocycles. The van der Waals surface area contributed by atoms with E-state index in [9.17, 15) is 0 Å². The first-order valence-electron chi connectivity index (χ1n) is 18.3. The smallest absolute Gasteiger partial charge is 0.160 e. The third kappa shape index (κ3) is 5.10. The highest BCUT2D eigenvalue weighted by atomic mass is 14.9. The minimum absolute atomic E-state index is 0.113. The Morgan fingerprint density at radius 3 is 1.68 bits per heavy atom. The Morgan fingerprint density at radius 1 is 0.377 bits per heavy atom. The molecule has 0 saturated carbocycles. The molecule has 0 bridgehead atoms. The van der Waals surface area contributed by atoms with Crippen molar-refractivity contribution in [2.24, 2.45) is 0 Å². The molecule has 0 spiro atoms. The SMILES string of the molecule is CC1(C)c2ccc3ccccc3c2-c2cccc(-c3ccc(-c4ccc(-c5cc(-c6ccccc6)nc(-c6ccccc6)n5)c5ccccc45)cc3)c21. The van der Waals surface area contributed by atoms with Crippen LogP contribution in [0.5, 0.6) is 0 Å². The number of hydrogen-bond donors (Lipinski definition) is 0. The number of nitrogens with zero attached hydrogens (tertiary/aromatic N) is 2. The van der Waals surface area contributed by atoms with Crippen molar-refractivity contribution in [3.05, 3.63) is 193 Å². The van der Waals surface area contributed by atoms with Crippen molar-refractivity contribution in [2.45, 2.75) is 19.3 Å². The van der Waals surface area contributed by atoms with Gasteiger partial charge >= 0.3 is 0 Å². The Balaban J connectivity index is 1.07. The summed E-state index contributed by atoms with van der Waals surface area (Å²) in [4.78, 5) is 10.2. The summed E-state index contributed by atoms with van der Waals surface area (Å²) in [7, 11) is 0. The molecular formula is C51H36N2. The highest BCUT2D eigenvalue weighted by Gasteiger charge is 2.38. The van der Waals surface area contributed by atoms with E-state index in [0.717, 1.165) is 33.9 Å². The Labute approximate surface area is 310 Å². The molecule has 9 aromatic rings. The van der Waals surface area contributed by atoms with Crippen LogP contribution in [0.15, 0.2) is 182 Å². The van der Waals surface area contributed by atoms with Crippen molar-refractivity contribution >= 4 is 21.5 Å². The van der Waals surface area contributed by atoms with E-state index in [1.165, 1.54) is 66.1 Å². The second kappa shape index (κ2) is 12.3. The summed E-state index contributed by atoms with van der Waals surface area (Å²) in [6, 6.07) is 65.3. The van der Waals surface area contributed by atoms with Crippen molar-refractivity contribution in [1.29, 1.82) is 0 Å². The standard InChI is InChI=1S/C51H36N2/c1-51(2)45-31-28-33-14-9-10-19-39(33)48(45)44-23-13-22-40(49(44)51)35-26-24-34(25-27-35)38-29-30-43(42-21-12-11-20-41(38)42)47-32-46(36-15-5-3-6-16-36)52-50(53-47)37-17-7-4-8-18-37/h3-32H,1-2H3. The highest BCUT2D eigenvalue weighted by molar-refractivity contribution is 6.06. The van der Waals surface area contributed by atoms with Gasteiger partial charge in [0.05, 0.1) is 11.4 Å². The number of hydrogen-bond acceptors (Lipinski definition) is 2. The van der Waals surface area contributed by atoms with Gasteiger partial charge in [-0.25, -0.2) is 9.97 Å². The fraction of sp³-hybridized carbons (Fsp3) is 0.0588. The van der Waals surface area contributed by atoms with Gasteiger partial charge in [0.2, 0.25) is 0 Å².